The topological polar surface area (TPSA) is 24.9 Å². The van der Waals surface area contributed by atoms with Crippen LogP contribution in [0.5, 0.6) is 0 Å². The minimum atomic E-state index is 0.200. The van der Waals surface area contributed by atoms with Gasteiger partial charge in [-0.2, -0.15) is 0 Å². The van der Waals surface area contributed by atoms with Gasteiger partial charge in [-0.15, -0.1) is 0 Å². The second kappa shape index (κ2) is 3.49. The Morgan fingerprint density at radius 3 is 2.88 bits per heavy atom. The lowest BCUT2D eigenvalue weighted by molar-refractivity contribution is 0.868. The number of fused-ring (bicyclic) bond motifs is 3. The Labute approximate surface area is 99.3 Å². The average molecular weight is 231 g/mol. The van der Waals surface area contributed by atoms with E-state index in [2.05, 4.69) is 29.4 Å². The molecule has 0 saturated carbocycles. The van der Waals surface area contributed by atoms with Crippen molar-refractivity contribution in [2.45, 2.75) is 13.0 Å². The van der Waals surface area contributed by atoms with Gasteiger partial charge in [0.25, 0.3) is 0 Å². The number of hydrogen-bond acceptors (Lipinski definition) is 2. The van der Waals surface area contributed by atoms with Crippen LogP contribution in [0.4, 0.5) is 5.69 Å². The molecule has 1 unspecified atom stereocenters. The smallest absolute Gasteiger partial charge is 0.134 e. The lowest BCUT2D eigenvalue weighted by Crippen LogP contribution is -2.14. The summed E-state index contributed by atoms with van der Waals surface area (Å²) in [5.41, 5.74) is 4.62. The monoisotopic (exact) mass is 230 g/mol. The Bertz CT molecular complexity index is 551. The van der Waals surface area contributed by atoms with Gasteiger partial charge in [0.05, 0.1) is 6.04 Å². The molecule has 1 aromatic heterocycles. The standard InChI is InChI=1S/C13H11ClN2/c1-8-12-10(6-7-15-13(12)14)9-4-2-3-5-11(9)16-8/h2-8,16H,1H3. The maximum absolute atomic E-state index is 6.15. The highest BCUT2D eigenvalue weighted by Crippen LogP contribution is 2.42. The van der Waals surface area contributed by atoms with Crippen LogP contribution in [0, 0.1) is 0 Å². The number of aromatic nitrogens is 1. The zero-order chi connectivity index (χ0) is 11.1. The zero-order valence-corrected chi connectivity index (χ0v) is 9.62. The summed E-state index contributed by atoms with van der Waals surface area (Å²) in [6, 6.07) is 10.5. The third kappa shape index (κ3) is 1.30. The summed E-state index contributed by atoms with van der Waals surface area (Å²) in [4.78, 5) is 4.14. The number of benzene rings is 1. The molecule has 2 heterocycles. The van der Waals surface area contributed by atoms with Crippen LogP contribution in [0.3, 0.4) is 0 Å². The highest BCUT2D eigenvalue weighted by atomic mass is 35.5. The molecule has 1 aliphatic rings. The molecule has 0 saturated heterocycles. The van der Waals surface area contributed by atoms with Crippen molar-refractivity contribution in [1.82, 2.24) is 4.98 Å². The molecule has 0 fully saturated rings. The van der Waals surface area contributed by atoms with Crippen molar-refractivity contribution in [3.8, 4) is 11.1 Å². The summed E-state index contributed by atoms with van der Waals surface area (Å²) in [6.07, 6.45) is 1.76. The van der Waals surface area contributed by atoms with Gasteiger partial charge in [-0.3, -0.25) is 0 Å². The predicted molar refractivity (Wildman–Crippen MR) is 66.7 cm³/mol. The number of anilines is 1. The molecule has 3 heteroatoms. The van der Waals surface area contributed by atoms with Crippen LogP contribution in [-0.4, -0.2) is 4.98 Å². The maximum atomic E-state index is 6.15. The van der Waals surface area contributed by atoms with Gasteiger partial charge >= 0.3 is 0 Å². The van der Waals surface area contributed by atoms with Crippen molar-refractivity contribution < 1.29 is 0 Å². The van der Waals surface area contributed by atoms with Crippen LogP contribution in [0.15, 0.2) is 36.5 Å². The Morgan fingerprint density at radius 1 is 1.19 bits per heavy atom. The van der Waals surface area contributed by atoms with Crippen LogP contribution in [-0.2, 0) is 0 Å². The van der Waals surface area contributed by atoms with E-state index in [1.165, 1.54) is 11.1 Å². The van der Waals surface area contributed by atoms with E-state index >= 15 is 0 Å². The van der Waals surface area contributed by atoms with Crippen LogP contribution in [0.1, 0.15) is 18.5 Å². The molecule has 0 amide bonds. The van der Waals surface area contributed by atoms with Gasteiger partial charge in [0, 0.05) is 23.0 Å². The molecule has 1 aromatic carbocycles. The first-order valence-electron chi connectivity index (χ1n) is 5.27. The van der Waals surface area contributed by atoms with E-state index in [0.717, 1.165) is 11.3 Å². The predicted octanol–water partition coefficient (Wildman–Crippen LogP) is 3.89. The van der Waals surface area contributed by atoms with Gasteiger partial charge in [0.2, 0.25) is 0 Å². The molecule has 0 spiro atoms. The van der Waals surface area contributed by atoms with Crippen LogP contribution in [0.2, 0.25) is 5.15 Å². The Morgan fingerprint density at radius 2 is 2.00 bits per heavy atom. The molecular weight excluding hydrogens is 220 g/mol. The highest BCUT2D eigenvalue weighted by molar-refractivity contribution is 6.30. The highest BCUT2D eigenvalue weighted by Gasteiger charge is 2.23. The summed E-state index contributed by atoms with van der Waals surface area (Å²) >= 11 is 6.15. The SMILES string of the molecule is CC1Nc2ccccc2-c2ccnc(Cl)c21. The number of pyridine rings is 1. The van der Waals surface area contributed by atoms with Crippen LogP contribution in [0.25, 0.3) is 11.1 Å². The number of nitrogens with zero attached hydrogens (tertiary/aromatic N) is 1. The molecule has 1 atom stereocenters. The van der Waals surface area contributed by atoms with E-state index in [9.17, 15) is 0 Å². The average Bonchev–Trinajstić information content (AvgIpc) is 2.29. The Balaban J connectivity index is 2.33. The molecule has 2 nitrogen and oxygen atoms in total. The third-order valence-electron chi connectivity index (χ3n) is 2.96. The summed E-state index contributed by atoms with van der Waals surface area (Å²) in [5.74, 6) is 0. The minimum absolute atomic E-state index is 0.200. The Hall–Kier alpha value is -1.54. The molecule has 0 aliphatic carbocycles. The fourth-order valence-electron chi connectivity index (χ4n) is 2.24. The lowest BCUT2D eigenvalue weighted by atomic mass is 9.92. The van der Waals surface area contributed by atoms with Crippen LogP contribution >= 0.6 is 11.6 Å². The van der Waals surface area contributed by atoms with Crippen molar-refractivity contribution in [2.75, 3.05) is 5.32 Å². The third-order valence-corrected chi connectivity index (χ3v) is 3.26. The van der Waals surface area contributed by atoms with E-state index in [1.54, 1.807) is 6.20 Å². The fourth-order valence-corrected chi connectivity index (χ4v) is 2.57. The molecule has 16 heavy (non-hydrogen) atoms. The van der Waals surface area contributed by atoms with Gasteiger partial charge in [0.15, 0.2) is 0 Å². The summed E-state index contributed by atoms with van der Waals surface area (Å²) in [5, 5.41) is 4.02. The number of halogens is 1. The fraction of sp³-hybridized carbons (Fsp3) is 0.154. The first-order chi connectivity index (χ1) is 7.77. The zero-order valence-electron chi connectivity index (χ0n) is 8.87. The van der Waals surface area contributed by atoms with Crippen molar-refractivity contribution in [1.29, 1.82) is 0 Å². The molecule has 3 rings (SSSR count). The van der Waals surface area contributed by atoms with Crippen molar-refractivity contribution in [3.05, 3.63) is 47.2 Å². The first kappa shape index (κ1) is 9.67. The van der Waals surface area contributed by atoms with E-state index in [-0.39, 0.29) is 6.04 Å². The van der Waals surface area contributed by atoms with Crippen LogP contribution < -0.4 is 5.32 Å². The quantitative estimate of drug-likeness (QED) is 0.695. The summed E-state index contributed by atoms with van der Waals surface area (Å²) in [6.45, 7) is 2.10. The molecular formula is C13H11ClN2. The van der Waals surface area contributed by atoms with Crippen molar-refractivity contribution in [2.24, 2.45) is 0 Å². The largest absolute Gasteiger partial charge is 0.378 e. The van der Waals surface area contributed by atoms with E-state index in [0.29, 0.717) is 5.15 Å². The number of hydrogen-bond donors (Lipinski definition) is 1. The second-order valence-electron chi connectivity index (χ2n) is 3.97. The molecule has 80 valence electrons. The summed E-state index contributed by atoms with van der Waals surface area (Å²) < 4.78 is 0. The van der Waals surface area contributed by atoms with Gasteiger partial charge in [0.1, 0.15) is 5.15 Å². The van der Waals surface area contributed by atoms with Crippen molar-refractivity contribution >= 4 is 17.3 Å². The van der Waals surface area contributed by atoms with Gasteiger partial charge in [-0.05, 0) is 24.6 Å². The normalized spacial score (nSPS) is 17.2. The molecule has 1 aliphatic heterocycles. The summed E-state index contributed by atoms with van der Waals surface area (Å²) in [7, 11) is 0. The second-order valence-corrected chi connectivity index (χ2v) is 4.33. The van der Waals surface area contributed by atoms with E-state index < -0.39 is 0 Å². The van der Waals surface area contributed by atoms with E-state index in [1.807, 2.05) is 18.2 Å². The molecule has 1 N–H and O–H groups in total. The van der Waals surface area contributed by atoms with Gasteiger partial charge in [-0.25, -0.2) is 4.98 Å². The van der Waals surface area contributed by atoms with E-state index in [4.69, 9.17) is 11.6 Å². The van der Waals surface area contributed by atoms with Crippen molar-refractivity contribution in [3.63, 3.8) is 0 Å². The van der Waals surface area contributed by atoms with Gasteiger partial charge < -0.3 is 5.32 Å². The number of rotatable bonds is 0. The Kier molecular flexibility index (Phi) is 2.11. The van der Waals surface area contributed by atoms with Gasteiger partial charge in [-0.1, -0.05) is 29.8 Å². The first-order valence-corrected chi connectivity index (χ1v) is 5.65. The lowest BCUT2D eigenvalue weighted by Gasteiger charge is -2.27. The maximum Gasteiger partial charge on any atom is 0.134 e. The molecule has 0 radical (unpaired) electrons. The minimum Gasteiger partial charge on any atom is -0.378 e. The molecule has 2 aromatic rings. The number of nitrogens with one attached hydrogen (secondary N) is 1. The number of para-hydroxylation sites is 1. The molecule has 0 bridgehead atoms.